The van der Waals surface area contributed by atoms with Gasteiger partial charge in [-0.3, -0.25) is 0 Å². The zero-order valence-corrected chi connectivity index (χ0v) is 12.1. The summed E-state index contributed by atoms with van der Waals surface area (Å²) in [5.41, 5.74) is 2.59. The Morgan fingerprint density at radius 2 is 2.31 bits per heavy atom. The molecule has 1 aromatic rings. The summed E-state index contributed by atoms with van der Waals surface area (Å²) in [4.78, 5) is 1.35. The minimum atomic E-state index is 0.682. The SMILES string of the molecule is COc1cc2c(cc1Br)CSC(CCCl)=C2. The number of benzene rings is 1. The molecule has 0 saturated carbocycles. The van der Waals surface area contributed by atoms with Crippen molar-refractivity contribution in [1.82, 2.24) is 0 Å². The summed E-state index contributed by atoms with van der Waals surface area (Å²) in [6.45, 7) is 0. The van der Waals surface area contributed by atoms with E-state index in [2.05, 4.69) is 34.1 Å². The second kappa shape index (κ2) is 5.48. The number of alkyl halides is 1. The molecule has 0 atom stereocenters. The predicted octanol–water partition coefficient (Wildman–Crippen LogP) is 4.67. The van der Waals surface area contributed by atoms with E-state index in [9.17, 15) is 0 Å². The molecule has 1 heterocycles. The fourth-order valence-electron chi connectivity index (χ4n) is 1.65. The topological polar surface area (TPSA) is 9.23 Å². The molecule has 16 heavy (non-hydrogen) atoms. The van der Waals surface area contributed by atoms with Gasteiger partial charge >= 0.3 is 0 Å². The Morgan fingerprint density at radius 3 is 3.00 bits per heavy atom. The zero-order chi connectivity index (χ0) is 11.5. The first-order valence-electron chi connectivity index (χ1n) is 5.00. The maximum absolute atomic E-state index is 5.76. The highest BCUT2D eigenvalue weighted by atomic mass is 79.9. The van der Waals surface area contributed by atoms with Crippen LogP contribution in [0.4, 0.5) is 0 Å². The Hall–Kier alpha value is -0.120. The number of hydrogen-bond acceptors (Lipinski definition) is 2. The van der Waals surface area contributed by atoms with Crippen LogP contribution >= 0.6 is 39.3 Å². The maximum Gasteiger partial charge on any atom is 0.133 e. The van der Waals surface area contributed by atoms with Crippen LogP contribution in [0.15, 0.2) is 21.5 Å². The molecule has 0 aromatic heterocycles. The van der Waals surface area contributed by atoms with Crippen LogP contribution in [0.2, 0.25) is 0 Å². The van der Waals surface area contributed by atoms with Gasteiger partial charge in [0.25, 0.3) is 0 Å². The van der Waals surface area contributed by atoms with Crippen LogP contribution in [0.3, 0.4) is 0 Å². The third kappa shape index (κ3) is 2.58. The second-order valence-electron chi connectivity index (χ2n) is 3.52. The second-order valence-corrected chi connectivity index (χ2v) is 5.86. The molecule has 0 fully saturated rings. The van der Waals surface area contributed by atoms with Crippen molar-refractivity contribution in [3.05, 3.63) is 32.6 Å². The lowest BCUT2D eigenvalue weighted by Crippen LogP contribution is -1.97. The van der Waals surface area contributed by atoms with Gasteiger partial charge in [-0.25, -0.2) is 0 Å². The number of ether oxygens (including phenoxy) is 1. The Balaban J connectivity index is 2.37. The van der Waals surface area contributed by atoms with Crippen molar-refractivity contribution in [2.24, 2.45) is 0 Å². The smallest absolute Gasteiger partial charge is 0.133 e. The number of fused-ring (bicyclic) bond motifs is 1. The molecule has 0 bridgehead atoms. The van der Waals surface area contributed by atoms with Gasteiger partial charge in [-0.15, -0.1) is 23.4 Å². The molecule has 86 valence electrons. The van der Waals surface area contributed by atoms with Crippen molar-refractivity contribution in [3.8, 4) is 5.75 Å². The van der Waals surface area contributed by atoms with Gasteiger partial charge in [0.15, 0.2) is 0 Å². The van der Waals surface area contributed by atoms with E-state index in [-0.39, 0.29) is 0 Å². The summed E-state index contributed by atoms with van der Waals surface area (Å²) in [6, 6.07) is 4.21. The van der Waals surface area contributed by atoms with Crippen LogP contribution < -0.4 is 4.74 Å². The van der Waals surface area contributed by atoms with Crippen LogP contribution in [0.5, 0.6) is 5.75 Å². The average molecular weight is 320 g/mol. The molecule has 0 N–H and O–H groups in total. The lowest BCUT2D eigenvalue weighted by atomic mass is 10.1. The largest absolute Gasteiger partial charge is 0.496 e. The molecular formula is C12H12BrClOS. The van der Waals surface area contributed by atoms with Gasteiger partial charge in [-0.05, 0) is 56.6 Å². The van der Waals surface area contributed by atoms with E-state index < -0.39 is 0 Å². The van der Waals surface area contributed by atoms with Crippen LogP contribution in [-0.2, 0) is 5.75 Å². The molecular weight excluding hydrogens is 308 g/mol. The lowest BCUT2D eigenvalue weighted by Gasteiger charge is -2.17. The quantitative estimate of drug-likeness (QED) is 0.748. The van der Waals surface area contributed by atoms with E-state index in [4.69, 9.17) is 16.3 Å². The number of allylic oxidation sites excluding steroid dienone is 1. The van der Waals surface area contributed by atoms with Crippen molar-refractivity contribution in [1.29, 1.82) is 0 Å². The number of hydrogen-bond donors (Lipinski definition) is 0. The number of thioether (sulfide) groups is 1. The summed E-state index contributed by atoms with van der Waals surface area (Å²) in [5.74, 6) is 2.58. The fraction of sp³-hybridized carbons (Fsp3) is 0.333. The van der Waals surface area contributed by atoms with E-state index in [0.29, 0.717) is 5.88 Å². The van der Waals surface area contributed by atoms with E-state index in [0.717, 1.165) is 22.4 Å². The van der Waals surface area contributed by atoms with Gasteiger partial charge in [0.2, 0.25) is 0 Å². The van der Waals surface area contributed by atoms with E-state index in [1.54, 1.807) is 7.11 Å². The average Bonchev–Trinajstić information content (AvgIpc) is 2.29. The van der Waals surface area contributed by atoms with E-state index in [1.165, 1.54) is 16.0 Å². The van der Waals surface area contributed by atoms with Crippen molar-refractivity contribution < 1.29 is 4.74 Å². The number of methoxy groups -OCH3 is 1. The highest BCUT2D eigenvalue weighted by Crippen LogP contribution is 2.38. The molecule has 1 aliphatic heterocycles. The minimum Gasteiger partial charge on any atom is -0.496 e. The Labute approximate surface area is 113 Å². The maximum atomic E-state index is 5.76. The first-order chi connectivity index (χ1) is 7.74. The monoisotopic (exact) mass is 318 g/mol. The number of rotatable bonds is 3. The highest BCUT2D eigenvalue weighted by molar-refractivity contribution is 9.10. The summed E-state index contributed by atoms with van der Waals surface area (Å²) < 4.78 is 6.31. The summed E-state index contributed by atoms with van der Waals surface area (Å²) in [7, 11) is 1.69. The third-order valence-corrected chi connectivity index (χ3v) is 4.44. The molecule has 1 aromatic carbocycles. The van der Waals surface area contributed by atoms with Crippen LogP contribution in [0.25, 0.3) is 6.08 Å². The first-order valence-corrected chi connectivity index (χ1v) is 7.31. The molecule has 1 aliphatic rings. The van der Waals surface area contributed by atoms with Gasteiger partial charge in [0, 0.05) is 11.6 Å². The molecule has 1 nitrogen and oxygen atoms in total. The van der Waals surface area contributed by atoms with Gasteiger partial charge in [-0.2, -0.15) is 0 Å². The molecule has 0 aliphatic carbocycles. The van der Waals surface area contributed by atoms with Crippen LogP contribution in [0, 0.1) is 0 Å². The van der Waals surface area contributed by atoms with Gasteiger partial charge in [0.05, 0.1) is 11.6 Å². The molecule has 2 rings (SSSR count). The fourth-order valence-corrected chi connectivity index (χ4v) is 3.57. The Bertz CT molecular complexity index is 431. The van der Waals surface area contributed by atoms with Gasteiger partial charge in [0.1, 0.15) is 5.75 Å². The lowest BCUT2D eigenvalue weighted by molar-refractivity contribution is 0.412. The summed E-state index contributed by atoms with van der Waals surface area (Å²) in [6.07, 6.45) is 3.16. The van der Waals surface area contributed by atoms with Gasteiger partial charge < -0.3 is 4.74 Å². The number of halogens is 2. The first kappa shape index (κ1) is 12.3. The molecule has 0 unspecified atom stereocenters. The standard InChI is InChI=1S/C12H12BrClOS/c1-15-12-6-8-4-10(2-3-14)16-7-9(8)5-11(12)13/h4-6H,2-3,7H2,1H3. The highest BCUT2D eigenvalue weighted by Gasteiger charge is 2.13. The van der Waals surface area contributed by atoms with E-state index >= 15 is 0 Å². The predicted molar refractivity (Wildman–Crippen MR) is 75.3 cm³/mol. The van der Waals surface area contributed by atoms with Crippen molar-refractivity contribution in [3.63, 3.8) is 0 Å². The summed E-state index contributed by atoms with van der Waals surface area (Å²) in [5, 5.41) is 0. The third-order valence-electron chi connectivity index (χ3n) is 2.48. The van der Waals surface area contributed by atoms with Gasteiger partial charge in [-0.1, -0.05) is 0 Å². The molecule has 0 saturated heterocycles. The molecule has 0 spiro atoms. The normalized spacial score (nSPS) is 14.3. The van der Waals surface area contributed by atoms with Crippen LogP contribution in [0.1, 0.15) is 17.5 Å². The van der Waals surface area contributed by atoms with Crippen molar-refractivity contribution >= 4 is 45.4 Å². The summed E-state index contributed by atoms with van der Waals surface area (Å²) >= 11 is 11.1. The Morgan fingerprint density at radius 1 is 1.50 bits per heavy atom. The van der Waals surface area contributed by atoms with Crippen molar-refractivity contribution in [2.45, 2.75) is 12.2 Å². The molecule has 4 heteroatoms. The zero-order valence-electron chi connectivity index (χ0n) is 8.93. The molecule has 0 amide bonds. The van der Waals surface area contributed by atoms with Crippen LogP contribution in [-0.4, -0.2) is 13.0 Å². The Kier molecular flexibility index (Phi) is 4.22. The molecule has 0 radical (unpaired) electrons. The van der Waals surface area contributed by atoms with Crippen molar-refractivity contribution in [2.75, 3.05) is 13.0 Å². The minimum absolute atomic E-state index is 0.682. The van der Waals surface area contributed by atoms with E-state index in [1.807, 2.05) is 11.8 Å².